The quantitative estimate of drug-likeness (QED) is 0.703. The van der Waals surface area contributed by atoms with Crippen LogP contribution in [0, 0.1) is 5.82 Å². The van der Waals surface area contributed by atoms with Gasteiger partial charge in [-0.15, -0.1) is 0 Å². The van der Waals surface area contributed by atoms with Gasteiger partial charge in [-0.2, -0.15) is 0 Å². The van der Waals surface area contributed by atoms with Crippen molar-refractivity contribution in [3.63, 3.8) is 0 Å². The minimum atomic E-state index is -0.328. The van der Waals surface area contributed by atoms with Crippen molar-refractivity contribution in [1.29, 1.82) is 0 Å². The lowest BCUT2D eigenvalue weighted by Crippen LogP contribution is -2.06. The van der Waals surface area contributed by atoms with Gasteiger partial charge in [0, 0.05) is 11.9 Å². The molecule has 5 heteroatoms. The van der Waals surface area contributed by atoms with Crippen LogP contribution in [-0.4, -0.2) is 23.6 Å². The van der Waals surface area contributed by atoms with Gasteiger partial charge in [-0.05, 0) is 42.7 Å². The number of fused-ring (bicyclic) bond motifs is 1. The predicted octanol–water partition coefficient (Wildman–Crippen LogP) is 3.82. The summed E-state index contributed by atoms with van der Waals surface area (Å²) in [6, 6.07) is 13.0. The van der Waals surface area contributed by atoms with Crippen LogP contribution in [0.25, 0.3) is 10.9 Å². The summed E-state index contributed by atoms with van der Waals surface area (Å²) < 4.78 is 18.9. The molecule has 0 spiro atoms. The van der Waals surface area contributed by atoms with Crippen LogP contribution in [0.2, 0.25) is 0 Å². The highest BCUT2D eigenvalue weighted by molar-refractivity contribution is 5.89. The van der Waals surface area contributed by atoms with Gasteiger partial charge in [0.05, 0.1) is 7.11 Å². The van der Waals surface area contributed by atoms with Gasteiger partial charge >= 0.3 is 0 Å². The number of nitrogens with zero attached hydrogens (tertiary/aromatic N) is 2. The molecule has 1 heterocycles. The molecule has 0 saturated heterocycles. The average Bonchev–Trinajstić information content (AvgIpc) is 2.60. The average molecular weight is 311 g/mol. The molecule has 2 aromatic carbocycles. The van der Waals surface area contributed by atoms with Gasteiger partial charge in [0.15, 0.2) is 0 Å². The monoisotopic (exact) mass is 311 g/mol. The molecule has 0 saturated carbocycles. The molecule has 3 aromatic rings. The van der Waals surface area contributed by atoms with E-state index in [0.29, 0.717) is 16.7 Å². The number of ether oxygens (including phenoxy) is 1. The molecular weight excluding hydrogens is 293 g/mol. The number of anilines is 1. The van der Waals surface area contributed by atoms with Crippen molar-refractivity contribution < 1.29 is 9.13 Å². The van der Waals surface area contributed by atoms with Gasteiger partial charge in [-0.3, -0.25) is 0 Å². The van der Waals surface area contributed by atoms with Crippen molar-refractivity contribution in [2.75, 3.05) is 19.0 Å². The summed E-state index contributed by atoms with van der Waals surface area (Å²) in [6.45, 7) is 0.759. The Bertz CT molecular complexity index is 790. The number of aromatic nitrogens is 2. The summed E-state index contributed by atoms with van der Waals surface area (Å²) in [5.41, 5.74) is 1.60. The molecule has 0 aliphatic carbocycles. The minimum absolute atomic E-state index is 0.328. The zero-order valence-corrected chi connectivity index (χ0v) is 12.9. The number of methoxy groups -OCH3 is 1. The fourth-order valence-electron chi connectivity index (χ4n) is 2.48. The summed E-state index contributed by atoms with van der Waals surface area (Å²) in [6.07, 6.45) is 3.29. The van der Waals surface area contributed by atoms with Crippen molar-refractivity contribution in [2.45, 2.75) is 12.8 Å². The Balaban J connectivity index is 1.59. The van der Waals surface area contributed by atoms with Crippen molar-refractivity contribution in [2.24, 2.45) is 0 Å². The lowest BCUT2D eigenvalue weighted by atomic mass is 10.1. The third-order valence-corrected chi connectivity index (χ3v) is 3.71. The fourth-order valence-corrected chi connectivity index (χ4v) is 2.48. The van der Waals surface area contributed by atoms with Gasteiger partial charge in [-0.25, -0.2) is 14.4 Å². The summed E-state index contributed by atoms with van der Waals surface area (Å²) in [4.78, 5) is 8.21. The van der Waals surface area contributed by atoms with Crippen LogP contribution < -0.4 is 10.1 Å². The van der Waals surface area contributed by atoms with Crippen LogP contribution in [0.5, 0.6) is 5.75 Å². The van der Waals surface area contributed by atoms with Crippen LogP contribution in [0.3, 0.4) is 0 Å². The maximum atomic E-state index is 13.7. The second kappa shape index (κ2) is 7.05. The lowest BCUT2D eigenvalue weighted by Gasteiger charge is -2.09. The smallest absolute Gasteiger partial charge is 0.149 e. The zero-order valence-electron chi connectivity index (χ0n) is 12.9. The SMILES string of the molecule is COc1ccc(CCCNc2ncnc3c(F)cccc23)cc1. The molecule has 1 aromatic heterocycles. The van der Waals surface area contributed by atoms with Crippen molar-refractivity contribution in [3.05, 3.63) is 60.2 Å². The van der Waals surface area contributed by atoms with Gasteiger partial charge in [0.1, 0.15) is 29.2 Å². The Hall–Kier alpha value is -2.69. The molecule has 0 atom stereocenters. The highest BCUT2D eigenvalue weighted by Gasteiger charge is 2.06. The number of hydrogen-bond donors (Lipinski definition) is 1. The van der Waals surface area contributed by atoms with E-state index in [0.717, 1.165) is 25.1 Å². The maximum absolute atomic E-state index is 13.7. The van der Waals surface area contributed by atoms with E-state index in [1.165, 1.54) is 18.0 Å². The second-order valence-electron chi connectivity index (χ2n) is 5.24. The summed E-state index contributed by atoms with van der Waals surface area (Å²) in [5.74, 6) is 1.21. The Morgan fingerprint density at radius 3 is 2.70 bits per heavy atom. The van der Waals surface area contributed by atoms with Gasteiger partial charge < -0.3 is 10.1 Å². The van der Waals surface area contributed by atoms with E-state index in [4.69, 9.17) is 4.74 Å². The first kappa shape index (κ1) is 15.2. The third-order valence-electron chi connectivity index (χ3n) is 3.71. The third kappa shape index (κ3) is 3.56. The first-order valence-electron chi connectivity index (χ1n) is 7.54. The zero-order chi connectivity index (χ0) is 16.1. The summed E-state index contributed by atoms with van der Waals surface area (Å²) >= 11 is 0. The number of nitrogens with one attached hydrogen (secondary N) is 1. The Kier molecular flexibility index (Phi) is 4.66. The number of rotatable bonds is 6. The highest BCUT2D eigenvalue weighted by atomic mass is 19.1. The van der Waals surface area contributed by atoms with E-state index in [-0.39, 0.29) is 5.82 Å². The molecule has 3 rings (SSSR count). The molecule has 118 valence electrons. The van der Waals surface area contributed by atoms with Crippen LogP contribution in [-0.2, 0) is 6.42 Å². The largest absolute Gasteiger partial charge is 0.497 e. The molecule has 23 heavy (non-hydrogen) atoms. The standard InChI is InChI=1S/C18H18FN3O/c1-23-14-9-7-13(8-10-14)4-3-11-20-18-15-5-2-6-16(19)17(15)21-12-22-18/h2,5-10,12H,3-4,11H2,1H3,(H,20,21,22). The van der Waals surface area contributed by atoms with Crippen LogP contribution in [0.15, 0.2) is 48.8 Å². The van der Waals surface area contributed by atoms with Crippen molar-refractivity contribution in [3.8, 4) is 5.75 Å². The van der Waals surface area contributed by atoms with E-state index in [2.05, 4.69) is 27.4 Å². The minimum Gasteiger partial charge on any atom is -0.497 e. The number of para-hydroxylation sites is 1. The number of halogens is 1. The van der Waals surface area contributed by atoms with E-state index in [1.54, 1.807) is 13.2 Å². The van der Waals surface area contributed by atoms with Gasteiger partial charge in [-0.1, -0.05) is 18.2 Å². The van der Waals surface area contributed by atoms with Gasteiger partial charge in [0.25, 0.3) is 0 Å². The molecule has 0 bridgehead atoms. The summed E-state index contributed by atoms with van der Waals surface area (Å²) in [5, 5.41) is 3.97. The van der Waals surface area contributed by atoms with E-state index in [9.17, 15) is 4.39 Å². The van der Waals surface area contributed by atoms with E-state index >= 15 is 0 Å². The molecule has 0 amide bonds. The van der Waals surface area contributed by atoms with Crippen molar-refractivity contribution in [1.82, 2.24) is 9.97 Å². The molecule has 0 radical (unpaired) electrons. The predicted molar refractivity (Wildman–Crippen MR) is 89.3 cm³/mol. The molecule has 1 N–H and O–H groups in total. The second-order valence-corrected chi connectivity index (χ2v) is 5.24. The Labute approximate surface area is 134 Å². The van der Waals surface area contributed by atoms with E-state index < -0.39 is 0 Å². The van der Waals surface area contributed by atoms with Crippen LogP contribution in [0.4, 0.5) is 10.2 Å². The molecule has 0 aliphatic heterocycles. The van der Waals surface area contributed by atoms with E-state index in [1.807, 2.05) is 18.2 Å². The maximum Gasteiger partial charge on any atom is 0.149 e. The molecular formula is C18H18FN3O. The number of benzene rings is 2. The summed E-state index contributed by atoms with van der Waals surface area (Å²) in [7, 11) is 1.66. The van der Waals surface area contributed by atoms with Crippen LogP contribution >= 0.6 is 0 Å². The Morgan fingerprint density at radius 1 is 1.09 bits per heavy atom. The fraction of sp³-hybridized carbons (Fsp3) is 0.222. The molecule has 0 aliphatic rings. The highest BCUT2D eigenvalue weighted by Crippen LogP contribution is 2.21. The lowest BCUT2D eigenvalue weighted by molar-refractivity contribution is 0.414. The normalized spacial score (nSPS) is 10.7. The molecule has 0 fully saturated rings. The first-order valence-corrected chi connectivity index (χ1v) is 7.54. The van der Waals surface area contributed by atoms with Crippen LogP contribution in [0.1, 0.15) is 12.0 Å². The van der Waals surface area contributed by atoms with Gasteiger partial charge in [0.2, 0.25) is 0 Å². The Morgan fingerprint density at radius 2 is 1.91 bits per heavy atom. The van der Waals surface area contributed by atoms with Crippen molar-refractivity contribution >= 4 is 16.7 Å². The molecule has 4 nitrogen and oxygen atoms in total. The molecule has 0 unspecified atom stereocenters. The first-order chi connectivity index (χ1) is 11.3. The topological polar surface area (TPSA) is 47.0 Å². The number of hydrogen-bond acceptors (Lipinski definition) is 4. The number of aryl methyl sites for hydroxylation is 1.